The van der Waals surface area contributed by atoms with Crippen molar-refractivity contribution >= 4 is 33.1 Å². The molecule has 6 heteroatoms. The van der Waals surface area contributed by atoms with E-state index in [1.807, 2.05) is 62.4 Å². The number of carbonyl (C=O) groups is 1. The van der Waals surface area contributed by atoms with Crippen molar-refractivity contribution in [2.75, 3.05) is 5.32 Å². The predicted molar refractivity (Wildman–Crippen MR) is 134 cm³/mol. The summed E-state index contributed by atoms with van der Waals surface area (Å²) in [5.74, 6) is 0.414. The number of carbonyl (C=O) groups excluding carboxylic acids is 1. The van der Waals surface area contributed by atoms with Crippen molar-refractivity contribution in [1.82, 2.24) is 9.55 Å². The Morgan fingerprint density at radius 1 is 1.09 bits per heavy atom. The zero-order chi connectivity index (χ0) is 22.9. The fraction of sp³-hybridized carbons (Fsp3) is 0.296. The van der Waals surface area contributed by atoms with Crippen LogP contribution in [0.15, 0.2) is 53.3 Å². The van der Waals surface area contributed by atoms with Gasteiger partial charge in [0.2, 0.25) is 5.91 Å². The Labute approximate surface area is 197 Å². The fourth-order valence-corrected chi connectivity index (χ4v) is 5.91. The molecule has 2 aromatic carbocycles. The monoisotopic (exact) mass is 457 g/mol. The highest BCUT2D eigenvalue weighted by Crippen LogP contribution is 2.34. The Balaban J connectivity index is 1.55. The second-order valence-corrected chi connectivity index (χ2v) is 9.92. The van der Waals surface area contributed by atoms with E-state index < -0.39 is 0 Å². The van der Waals surface area contributed by atoms with Gasteiger partial charge in [0.1, 0.15) is 17.2 Å². The van der Waals surface area contributed by atoms with Crippen molar-refractivity contribution in [3.63, 3.8) is 0 Å². The Hall–Kier alpha value is -3.25. The molecular weight excluding hydrogens is 430 g/mol. The molecule has 33 heavy (non-hydrogen) atoms. The van der Waals surface area contributed by atoms with Crippen LogP contribution in [0.3, 0.4) is 0 Å². The van der Waals surface area contributed by atoms with Gasteiger partial charge in [-0.1, -0.05) is 48.0 Å². The van der Waals surface area contributed by atoms with Crippen LogP contribution in [-0.4, -0.2) is 15.5 Å². The van der Waals surface area contributed by atoms with Crippen molar-refractivity contribution in [2.45, 2.75) is 52.5 Å². The number of amides is 1. The summed E-state index contributed by atoms with van der Waals surface area (Å²) in [7, 11) is 0. The molecule has 0 fully saturated rings. The number of benzene rings is 2. The molecule has 1 amide bonds. The highest BCUT2D eigenvalue weighted by Gasteiger charge is 2.23. The van der Waals surface area contributed by atoms with Gasteiger partial charge in [-0.25, -0.2) is 4.98 Å². The number of rotatable bonds is 5. The lowest BCUT2D eigenvalue weighted by Crippen LogP contribution is -2.31. The van der Waals surface area contributed by atoms with Crippen molar-refractivity contribution in [3.8, 4) is 0 Å². The lowest BCUT2D eigenvalue weighted by molar-refractivity contribution is -0.116. The summed E-state index contributed by atoms with van der Waals surface area (Å²) in [4.78, 5) is 33.8. The van der Waals surface area contributed by atoms with E-state index in [1.54, 1.807) is 15.9 Å². The number of aryl methyl sites for hydroxylation is 4. The largest absolute Gasteiger partial charge is 0.324 e. The molecule has 1 aliphatic rings. The maximum Gasteiger partial charge on any atom is 0.263 e. The van der Waals surface area contributed by atoms with Crippen LogP contribution >= 0.6 is 11.3 Å². The van der Waals surface area contributed by atoms with Gasteiger partial charge in [-0.05, 0) is 62.3 Å². The van der Waals surface area contributed by atoms with E-state index in [0.29, 0.717) is 17.6 Å². The van der Waals surface area contributed by atoms with Gasteiger partial charge in [-0.15, -0.1) is 11.3 Å². The van der Waals surface area contributed by atoms with Crippen molar-refractivity contribution in [2.24, 2.45) is 0 Å². The summed E-state index contributed by atoms with van der Waals surface area (Å²) in [5.41, 5.74) is 5.03. The number of hydrogen-bond donors (Lipinski definition) is 1. The van der Waals surface area contributed by atoms with E-state index in [0.717, 1.165) is 58.5 Å². The van der Waals surface area contributed by atoms with Crippen LogP contribution in [-0.2, 0) is 30.6 Å². The predicted octanol–water partition coefficient (Wildman–Crippen LogP) is 5.18. The molecule has 5 nitrogen and oxygen atoms in total. The molecule has 0 radical (unpaired) electrons. The highest BCUT2D eigenvalue weighted by atomic mass is 32.1. The summed E-state index contributed by atoms with van der Waals surface area (Å²) in [6, 6.07) is 15.9. The van der Waals surface area contributed by atoms with Crippen molar-refractivity contribution < 1.29 is 4.79 Å². The summed E-state index contributed by atoms with van der Waals surface area (Å²) in [6.45, 7) is 3.94. The third-order valence-corrected chi connectivity index (χ3v) is 7.50. The molecule has 0 saturated carbocycles. The van der Waals surface area contributed by atoms with Gasteiger partial charge in [0, 0.05) is 17.0 Å². The molecule has 0 bridgehead atoms. The molecule has 0 unspecified atom stereocenters. The number of nitrogens with one attached hydrogen (secondary N) is 1. The molecule has 168 valence electrons. The molecule has 0 spiro atoms. The Morgan fingerprint density at radius 3 is 2.67 bits per heavy atom. The van der Waals surface area contributed by atoms with E-state index in [-0.39, 0.29) is 18.0 Å². The van der Waals surface area contributed by atoms with Gasteiger partial charge in [0.05, 0.1) is 5.39 Å². The third kappa shape index (κ3) is 4.35. The molecule has 1 aliphatic carbocycles. The summed E-state index contributed by atoms with van der Waals surface area (Å²) < 4.78 is 1.58. The first-order valence-electron chi connectivity index (χ1n) is 11.4. The van der Waals surface area contributed by atoms with Crippen LogP contribution in [0, 0.1) is 13.8 Å². The average Bonchev–Trinajstić information content (AvgIpc) is 3.17. The smallest absolute Gasteiger partial charge is 0.263 e. The molecule has 2 heterocycles. The minimum absolute atomic E-state index is 0.0537. The highest BCUT2D eigenvalue weighted by molar-refractivity contribution is 7.18. The standard InChI is InChI=1S/C27H27N3O2S/c1-17-12-13-21(18(2)14-17)28-24(31)16-30-23(15-19-8-4-3-5-9-19)29-26-25(27(30)32)20-10-6-7-11-22(20)33-26/h3-5,8-9,12-14H,6-7,10-11,15-16H2,1-2H3,(H,28,31). The van der Waals surface area contributed by atoms with Crippen LogP contribution in [0.1, 0.15) is 45.8 Å². The summed E-state index contributed by atoms with van der Waals surface area (Å²) in [6.07, 6.45) is 4.68. The second-order valence-electron chi connectivity index (χ2n) is 8.84. The first-order valence-corrected chi connectivity index (χ1v) is 12.3. The quantitative estimate of drug-likeness (QED) is 0.449. The topological polar surface area (TPSA) is 64.0 Å². The number of hydrogen-bond acceptors (Lipinski definition) is 4. The van der Waals surface area contributed by atoms with E-state index in [1.165, 1.54) is 4.88 Å². The Morgan fingerprint density at radius 2 is 1.88 bits per heavy atom. The zero-order valence-electron chi connectivity index (χ0n) is 19.0. The Kier molecular flexibility index (Phi) is 5.85. The molecule has 2 aromatic heterocycles. The van der Waals surface area contributed by atoms with Gasteiger partial charge in [-0.2, -0.15) is 0 Å². The SMILES string of the molecule is Cc1ccc(NC(=O)Cn2c(Cc3ccccc3)nc3sc4c(c3c2=O)CCCC4)c(C)c1. The molecule has 0 saturated heterocycles. The lowest BCUT2D eigenvalue weighted by atomic mass is 9.97. The molecule has 0 aliphatic heterocycles. The number of nitrogens with zero attached hydrogens (tertiary/aromatic N) is 2. The fourth-order valence-electron chi connectivity index (χ4n) is 4.64. The van der Waals surface area contributed by atoms with Crippen LogP contribution in [0.5, 0.6) is 0 Å². The second kappa shape index (κ2) is 8.94. The Bertz CT molecular complexity index is 1400. The number of fused-ring (bicyclic) bond motifs is 3. The van der Waals surface area contributed by atoms with Crippen LogP contribution in [0.2, 0.25) is 0 Å². The summed E-state index contributed by atoms with van der Waals surface area (Å²) in [5, 5.41) is 3.70. The minimum Gasteiger partial charge on any atom is -0.324 e. The van der Waals surface area contributed by atoms with E-state index >= 15 is 0 Å². The van der Waals surface area contributed by atoms with Crippen LogP contribution in [0.4, 0.5) is 5.69 Å². The van der Waals surface area contributed by atoms with Crippen LogP contribution < -0.4 is 10.9 Å². The first kappa shape index (κ1) is 21.6. The van der Waals surface area contributed by atoms with Gasteiger partial charge in [0.15, 0.2) is 0 Å². The van der Waals surface area contributed by atoms with E-state index in [4.69, 9.17) is 4.98 Å². The molecule has 5 rings (SSSR count). The number of thiophene rings is 1. The van der Waals surface area contributed by atoms with Crippen molar-refractivity contribution in [1.29, 1.82) is 0 Å². The number of aromatic nitrogens is 2. The van der Waals surface area contributed by atoms with Gasteiger partial charge < -0.3 is 5.32 Å². The maximum atomic E-state index is 13.7. The van der Waals surface area contributed by atoms with Crippen molar-refractivity contribution in [3.05, 3.63) is 91.8 Å². The molecule has 1 N–H and O–H groups in total. The van der Waals surface area contributed by atoms with E-state index in [2.05, 4.69) is 5.32 Å². The minimum atomic E-state index is -0.219. The molecule has 0 atom stereocenters. The zero-order valence-corrected chi connectivity index (χ0v) is 19.8. The van der Waals surface area contributed by atoms with E-state index in [9.17, 15) is 9.59 Å². The van der Waals surface area contributed by atoms with Gasteiger partial charge in [0.25, 0.3) is 5.56 Å². The first-order chi connectivity index (χ1) is 16.0. The lowest BCUT2D eigenvalue weighted by Gasteiger charge is -2.15. The van der Waals surface area contributed by atoms with Gasteiger partial charge in [-0.3, -0.25) is 14.2 Å². The number of anilines is 1. The van der Waals surface area contributed by atoms with Crippen LogP contribution in [0.25, 0.3) is 10.2 Å². The third-order valence-electron chi connectivity index (χ3n) is 6.32. The molecule has 4 aromatic rings. The van der Waals surface area contributed by atoms with Gasteiger partial charge >= 0.3 is 0 Å². The summed E-state index contributed by atoms with van der Waals surface area (Å²) >= 11 is 1.65. The normalized spacial score (nSPS) is 13.2. The molecular formula is C27H27N3O2S. The average molecular weight is 458 g/mol. The maximum absolute atomic E-state index is 13.7.